The van der Waals surface area contributed by atoms with Gasteiger partial charge in [-0.25, -0.2) is 0 Å². The topological polar surface area (TPSA) is 38.3 Å². The fourth-order valence-electron chi connectivity index (χ4n) is 2.00. The van der Waals surface area contributed by atoms with E-state index in [1.165, 1.54) is 0 Å². The average Bonchev–Trinajstić information content (AvgIpc) is 2.62. The van der Waals surface area contributed by atoms with Crippen LogP contribution < -0.4 is 5.32 Å². The molecule has 1 aromatic rings. The minimum Gasteiger partial charge on any atom is -0.376 e. The predicted octanol–water partition coefficient (Wildman–Crippen LogP) is 3.29. The standard InChI is InChI=1S/C13H15Cl2NO2/c1-8-13(2,5-6-18-8)16-12(17)10-7-9(14)3-4-11(10)15/h3-4,7-8H,5-6H2,1-2H3,(H,16,17)/t8-,13+/m0/s1. The second-order valence-electron chi connectivity index (χ2n) is 4.76. The van der Waals surface area contributed by atoms with Crippen LogP contribution in [0.4, 0.5) is 0 Å². The molecule has 0 bridgehead atoms. The SMILES string of the molecule is C[C@@H]1OCC[C@@]1(C)NC(=O)c1cc(Cl)ccc1Cl. The number of nitrogens with one attached hydrogen (secondary N) is 1. The number of amides is 1. The molecule has 0 aromatic heterocycles. The number of hydrogen-bond donors (Lipinski definition) is 1. The number of halogens is 2. The molecule has 0 spiro atoms. The van der Waals surface area contributed by atoms with Gasteiger partial charge in [0.25, 0.3) is 5.91 Å². The first kappa shape index (κ1) is 13.7. The Kier molecular flexibility index (Phi) is 3.85. The van der Waals surface area contributed by atoms with E-state index < -0.39 is 0 Å². The fraction of sp³-hybridized carbons (Fsp3) is 0.462. The number of rotatable bonds is 2. The molecule has 0 unspecified atom stereocenters. The van der Waals surface area contributed by atoms with Crippen molar-refractivity contribution >= 4 is 29.1 Å². The van der Waals surface area contributed by atoms with E-state index in [1.807, 2.05) is 13.8 Å². The van der Waals surface area contributed by atoms with Crippen molar-refractivity contribution in [1.82, 2.24) is 5.32 Å². The monoisotopic (exact) mass is 287 g/mol. The van der Waals surface area contributed by atoms with E-state index in [-0.39, 0.29) is 17.6 Å². The van der Waals surface area contributed by atoms with Gasteiger partial charge in [0.15, 0.2) is 0 Å². The Labute approximate surface area is 116 Å². The zero-order valence-corrected chi connectivity index (χ0v) is 11.8. The van der Waals surface area contributed by atoms with Crippen LogP contribution >= 0.6 is 23.2 Å². The Bertz CT molecular complexity index is 478. The normalized spacial score (nSPS) is 27.2. The maximum Gasteiger partial charge on any atom is 0.253 e. The summed E-state index contributed by atoms with van der Waals surface area (Å²) in [4.78, 5) is 12.2. The summed E-state index contributed by atoms with van der Waals surface area (Å²) in [5.74, 6) is -0.220. The lowest BCUT2D eigenvalue weighted by molar-refractivity contribution is 0.0727. The molecule has 5 heteroatoms. The highest BCUT2D eigenvalue weighted by Gasteiger charge is 2.38. The largest absolute Gasteiger partial charge is 0.376 e. The molecule has 98 valence electrons. The first-order valence-corrected chi connectivity index (χ1v) is 6.57. The number of carbonyl (C=O) groups excluding carboxylic acids is 1. The molecule has 1 heterocycles. The smallest absolute Gasteiger partial charge is 0.253 e. The molecule has 0 radical (unpaired) electrons. The van der Waals surface area contributed by atoms with E-state index >= 15 is 0 Å². The van der Waals surface area contributed by atoms with E-state index in [9.17, 15) is 4.79 Å². The van der Waals surface area contributed by atoms with Crippen molar-refractivity contribution < 1.29 is 9.53 Å². The first-order chi connectivity index (χ1) is 8.42. The number of benzene rings is 1. The molecule has 0 saturated carbocycles. The second-order valence-corrected chi connectivity index (χ2v) is 5.60. The molecule has 3 nitrogen and oxygen atoms in total. The Balaban J connectivity index is 2.19. The van der Waals surface area contributed by atoms with Crippen molar-refractivity contribution in [1.29, 1.82) is 0 Å². The summed E-state index contributed by atoms with van der Waals surface area (Å²) in [6, 6.07) is 4.85. The van der Waals surface area contributed by atoms with Gasteiger partial charge in [-0.05, 0) is 38.5 Å². The third-order valence-corrected chi connectivity index (χ3v) is 4.02. The van der Waals surface area contributed by atoms with Crippen LogP contribution in [0.3, 0.4) is 0 Å². The van der Waals surface area contributed by atoms with Gasteiger partial charge in [-0.15, -0.1) is 0 Å². The van der Waals surface area contributed by atoms with Crippen LogP contribution in [0, 0.1) is 0 Å². The summed E-state index contributed by atoms with van der Waals surface area (Å²) >= 11 is 11.9. The maximum atomic E-state index is 12.2. The summed E-state index contributed by atoms with van der Waals surface area (Å²) < 4.78 is 5.49. The molecule has 1 aliphatic rings. The zero-order valence-electron chi connectivity index (χ0n) is 10.3. The van der Waals surface area contributed by atoms with Gasteiger partial charge < -0.3 is 10.1 Å². The summed E-state index contributed by atoms with van der Waals surface area (Å²) in [7, 11) is 0. The lowest BCUT2D eigenvalue weighted by atomic mass is 9.94. The molecule has 0 aliphatic carbocycles. The van der Waals surface area contributed by atoms with Gasteiger partial charge in [-0.3, -0.25) is 4.79 Å². The minimum atomic E-state index is -0.358. The van der Waals surface area contributed by atoms with E-state index in [0.29, 0.717) is 22.2 Å². The van der Waals surface area contributed by atoms with Crippen molar-refractivity contribution in [3.8, 4) is 0 Å². The lowest BCUT2D eigenvalue weighted by Crippen LogP contribution is -2.50. The predicted molar refractivity (Wildman–Crippen MR) is 72.4 cm³/mol. The highest BCUT2D eigenvalue weighted by atomic mass is 35.5. The van der Waals surface area contributed by atoms with Crippen molar-refractivity contribution in [2.24, 2.45) is 0 Å². The van der Waals surface area contributed by atoms with E-state index in [0.717, 1.165) is 6.42 Å². The van der Waals surface area contributed by atoms with Crippen molar-refractivity contribution in [2.75, 3.05) is 6.61 Å². The van der Waals surface area contributed by atoms with Crippen LogP contribution in [0.15, 0.2) is 18.2 Å². The zero-order chi connectivity index (χ0) is 13.3. The lowest BCUT2D eigenvalue weighted by Gasteiger charge is -2.29. The van der Waals surface area contributed by atoms with Crippen molar-refractivity contribution in [3.63, 3.8) is 0 Å². The van der Waals surface area contributed by atoms with Gasteiger partial charge in [-0.2, -0.15) is 0 Å². The second kappa shape index (κ2) is 5.08. The van der Waals surface area contributed by atoms with Crippen LogP contribution in [0.2, 0.25) is 10.0 Å². The van der Waals surface area contributed by atoms with Gasteiger partial charge in [0, 0.05) is 11.6 Å². The van der Waals surface area contributed by atoms with Gasteiger partial charge in [0.1, 0.15) is 0 Å². The number of ether oxygens (including phenoxy) is 1. The quantitative estimate of drug-likeness (QED) is 0.906. The molecular weight excluding hydrogens is 273 g/mol. The van der Waals surface area contributed by atoms with Crippen LogP contribution in [-0.4, -0.2) is 24.2 Å². The van der Waals surface area contributed by atoms with E-state index in [1.54, 1.807) is 18.2 Å². The molecule has 18 heavy (non-hydrogen) atoms. The van der Waals surface area contributed by atoms with E-state index in [2.05, 4.69) is 5.32 Å². The van der Waals surface area contributed by atoms with Gasteiger partial charge in [0.2, 0.25) is 0 Å². The Morgan fingerprint density at radius 1 is 1.50 bits per heavy atom. The molecule has 2 rings (SSSR count). The Morgan fingerprint density at radius 3 is 2.83 bits per heavy atom. The summed E-state index contributed by atoms with van der Waals surface area (Å²) in [5, 5.41) is 3.87. The van der Waals surface area contributed by atoms with Crippen LogP contribution in [0.25, 0.3) is 0 Å². The molecule has 2 atom stereocenters. The van der Waals surface area contributed by atoms with Crippen LogP contribution in [0.1, 0.15) is 30.6 Å². The third kappa shape index (κ3) is 2.63. The van der Waals surface area contributed by atoms with Gasteiger partial charge in [0.05, 0.1) is 22.2 Å². The first-order valence-electron chi connectivity index (χ1n) is 5.81. The van der Waals surface area contributed by atoms with Gasteiger partial charge >= 0.3 is 0 Å². The van der Waals surface area contributed by atoms with Crippen LogP contribution in [0.5, 0.6) is 0 Å². The number of carbonyl (C=O) groups is 1. The Hall–Kier alpha value is -0.770. The van der Waals surface area contributed by atoms with E-state index in [4.69, 9.17) is 27.9 Å². The Morgan fingerprint density at radius 2 is 2.22 bits per heavy atom. The highest BCUT2D eigenvalue weighted by molar-refractivity contribution is 6.35. The number of hydrogen-bond acceptors (Lipinski definition) is 2. The van der Waals surface area contributed by atoms with Crippen molar-refractivity contribution in [3.05, 3.63) is 33.8 Å². The summed E-state index contributed by atoms with van der Waals surface area (Å²) in [6.07, 6.45) is 0.775. The van der Waals surface area contributed by atoms with Crippen molar-refractivity contribution in [2.45, 2.75) is 31.9 Å². The molecule has 1 aliphatic heterocycles. The minimum absolute atomic E-state index is 0.0144. The summed E-state index contributed by atoms with van der Waals surface area (Å²) in [5.41, 5.74) is 0.0346. The molecule has 1 aromatic carbocycles. The molecule has 1 fully saturated rings. The molecule has 1 saturated heterocycles. The average molecular weight is 288 g/mol. The fourth-order valence-corrected chi connectivity index (χ4v) is 2.37. The van der Waals surface area contributed by atoms with Crippen LogP contribution in [-0.2, 0) is 4.74 Å². The maximum absolute atomic E-state index is 12.2. The van der Waals surface area contributed by atoms with Gasteiger partial charge in [-0.1, -0.05) is 23.2 Å². The highest BCUT2D eigenvalue weighted by Crippen LogP contribution is 2.27. The summed E-state index contributed by atoms with van der Waals surface area (Å²) in [6.45, 7) is 4.58. The molecular formula is C13H15Cl2NO2. The third-order valence-electron chi connectivity index (χ3n) is 3.46. The molecule has 1 amide bonds. The molecule has 1 N–H and O–H groups in total.